The van der Waals surface area contributed by atoms with E-state index in [1.165, 1.54) is 12.3 Å². The summed E-state index contributed by atoms with van der Waals surface area (Å²) in [5.41, 5.74) is 7.54. The molecule has 0 spiro atoms. The number of nitrogen functional groups attached to an aromatic ring is 1. The van der Waals surface area contributed by atoms with Crippen molar-refractivity contribution in [1.29, 1.82) is 0 Å². The number of nitrogens with two attached hydrogens (primary N) is 1. The second-order valence-electron chi connectivity index (χ2n) is 3.67. The van der Waals surface area contributed by atoms with Crippen LogP contribution in [0.4, 0.5) is 21.5 Å². The van der Waals surface area contributed by atoms with Crippen molar-refractivity contribution in [3.8, 4) is 5.75 Å². The Balaban J connectivity index is 2.20. The Hall–Kier alpha value is -2.30. The zero-order valence-corrected chi connectivity index (χ0v) is 9.98. The molecule has 5 heteroatoms. The summed E-state index contributed by atoms with van der Waals surface area (Å²) in [6.07, 6.45) is 3.15. The van der Waals surface area contributed by atoms with Gasteiger partial charge in [0, 0.05) is 18.0 Å². The zero-order chi connectivity index (χ0) is 13.0. The SMILES string of the molecule is CCOc1ccc(Nc2ccncc2N)cc1F. The number of hydrogen-bond acceptors (Lipinski definition) is 4. The smallest absolute Gasteiger partial charge is 0.167 e. The molecule has 1 heterocycles. The highest BCUT2D eigenvalue weighted by molar-refractivity contribution is 5.71. The molecular formula is C13H14FN3O. The largest absolute Gasteiger partial charge is 0.491 e. The van der Waals surface area contributed by atoms with Gasteiger partial charge in [-0.25, -0.2) is 4.39 Å². The van der Waals surface area contributed by atoms with Crippen LogP contribution in [0.5, 0.6) is 5.75 Å². The van der Waals surface area contributed by atoms with Gasteiger partial charge in [0.05, 0.1) is 24.2 Å². The maximum atomic E-state index is 13.6. The summed E-state index contributed by atoms with van der Waals surface area (Å²) in [7, 11) is 0. The highest BCUT2D eigenvalue weighted by Crippen LogP contribution is 2.25. The molecule has 0 bridgehead atoms. The molecule has 0 unspecified atom stereocenters. The molecule has 18 heavy (non-hydrogen) atoms. The topological polar surface area (TPSA) is 60.2 Å². The second-order valence-corrected chi connectivity index (χ2v) is 3.67. The van der Waals surface area contributed by atoms with E-state index in [1.807, 2.05) is 6.92 Å². The van der Waals surface area contributed by atoms with Gasteiger partial charge in [-0.3, -0.25) is 4.98 Å². The highest BCUT2D eigenvalue weighted by Gasteiger charge is 2.05. The van der Waals surface area contributed by atoms with Crippen molar-refractivity contribution in [2.24, 2.45) is 0 Å². The van der Waals surface area contributed by atoms with Gasteiger partial charge in [-0.1, -0.05) is 0 Å². The van der Waals surface area contributed by atoms with Crippen LogP contribution in [-0.4, -0.2) is 11.6 Å². The van der Waals surface area contributed by atoms with Crippen LogP contribution in [0, 0.1) is 5.82 Å². The Morgan fingerprint density at radius 1 is 1.39 bits per heavy atom. The van der Waals surface area contributed by atoms with E-state index >= 15 is 0 Å². The molecule has 3 N–H and O–H groups in total. The van der Waals surface area contributed by atoms with Gasteiger partial charge in [0.25, 0.3) is 0 Å². The maximum Gasteiger partial charge on any atom is 0.167 e. The minimum absolute atomic E-state index is 0.241. The molecular weight excluding hydrogens is 233 g/mol. The molecule has 4 nitrogen and oxygen atoms in total. The van der Waals surface area contributed by atoms with Gasteiger partial charge < -0.3 is 15.8 Å². The molecule has 0 aliphatic rings. The third-order valence-corrected chi connectivity index (χ3v) is 2.36. The molecule has 0 saturated heterocycles. The number of hydrogen-bond donors (Lipinski definition) is 2. The summed E-state index contributed by atoms with van der Waals surface area (Å²) in [5, 5.41) is 3.02. The van der Waals surface area contributed by atoms with Crippen molar-refractivity contribution >= 4 is 17.1 Å². The van der Waals surface area contributed by atoms with Crippen LogP contribution in [0.15, 0.2) is 36.7 Å². The number of pyridine rings is 1. The summed E-state index contributed by atoms with van der Waals surface area (Å²) in [5.74, 6) is -0.166. The summed E-state index contributed by atoms with van der Waals surface area (Å²) in [4.78, 5) is 3.88. The van der Waals surface area contributed by atoms with Gasteiger partial charge in [-0.15, -0.1) is 0 Å². The molecule has 0 aliphatic carbocycles. The molecule has 0 radical (unpaired) electrons. The molecule has 2 rings (SSSR count). The average molecular weight is 247 g/mol. The Bertz CT molecular complexity index is 546. The minimum Gasteiger partial charge on any atom is -0.491 e. The van der Waals surface area contributed by atoms with Gasteiger partial charge in [-0.2, -0.15) is 0 Å². The zero-order valence-electron chi connectivity index (χ0n) is 9.98. The normalized spacial score (nSPS) is 10.1. The lowest BCUT2D eigenvalue weighted by Crippen LogP contribution is -1.99. The number of halogens is 1. The van der Waals surface area contributed by atoms with E-state index in [2.05, 4.69) is 10.3 Å². The van der Waals surface area contributed by atoms with Gasteiger partial charge in [-0.05, 0) is 25.1 Å². The standard InChI is InChI=1S/C13H14FN3O/c1-2-18-13-4-3-9(7-10(13)14)17-12-5-6-16-8-11(12)15/h3-8H,2,15H2,1H3,(H,16,17). The summed E-state index contributed by atoms with van der Waals surface area (Å²) in [6.45, 7) is 2.24. The Labute approximate surface area is 105 Å². The van der Waals surface area contributed by atoms with Crippen LogP contribution in [0.25, 0.3) is 0 Å². The number of rotatable bonds is 4. The van der Waals surface area contributed by atoms with Gasteiger partial charge in [0.1, 0.15) is 0 Å². The molecule has 0 amide bonds. The molecule has 94 valence electrons. The van der Waals surface area contributed by atoms with Gasteiger partial charge in [0.15, 0.2) is 11.6 Å². The number of benzene rings is 1. The second kappa shape index (κ2) is 5.35. The summed E-state index contributed by atoms with van der Waals surface area (Å²) >= 11 is 0. The van der Waals surface area contributed by atoms with Crippen molar-refractivity contribution in [1.82, 2.24) is 4.98 Å². The van der Waals surface area contributed by atoms with Crippen molar-refractivity contribution in [3.63, 3.8) is 0 Å². The van der Waals surface area contributed by atoms with E-state index in [-0.39, 0.29) is 5.75 Å². The lowest BCUT2D eigenvalue weighted by atomic mass is 10.2. The van der Waals surface area contributed by atoms with Crippen molar-refractivity contribution in [2.75, 3.05) is 17.7 Å². The first-order chi connectivity index (χ1) is 8.70. The van der Waals surface area contributed by atoms with Crippen LogP contribution in [-0.2, 0) is 0 Å². The first-order valence-corrected chi connectivity index (χ1v) is 5.59. The number of nitrogens with one attached hydrogen (secondary N) is 1. The molecule has 0 fully saturated rings. The first kappa shape index (κ1) is 12.2. The predicted octanol–water partition coefficient (Wildman–Crippen LogP) is 2.95. The molecule has 0 saturated carbocycles. The molecule has 0 atom stereocenters. The van der Waals surface area contributed by atoms with Crippen LogP contribution < -0.4 is 15.8 Å². The lowest BCUT2D eigenvalue weighted by molar-refractivity contribution is 0.321. The molecule has 0 aliphatic heterocycles. The fourth-order valence-electron chi connectivity index (χ4n) is 1.53. The van der Waals surface area contributed by atoms with E-state index in [0.29, 0.717) is 23.7 Å². The molecule has 1 aromatic carbocycles. The summed E-state index contributed by atoms with van der Waals surface area (Å²) in [6, 6.07) is 6.40. The first-order valence-electron chi connectivity index (χ1n) is 5.59. The lowest BCUT2D eigenvalue weighted by Gasteiger charge is -2.10. The van der Waals surface area contributed by atoms with Crippen LogP contribution in [0.3, 0.4) is 0 Å². The minimum atomic E-state index is -0.408. The number of anilines is 3. The van der Waals surface area contributed by atoms with E-state index < -0.39 is 5.82 Å². The van der Waals surface area contributed by atoms with Crippen LogP contribution in [0.1, 0.15) is 6.92 Å². The predicted molar refractivity (Wildman–Crippen MR) is 69.5 cm³/mol. The van der Waals surface area contributed by atoms with Crippen LogP contribution in [0.2, 0.25) is 0 Å². The van der Waals surface area contributed by atoms with E-state index in [1.54, 1.807) is 24.4 Å². The fourth-order valence-corrected chi connectivity index (χ4v) is 1.53. The quantitative estimate of drug-likeness (QED) is 0.872. The fraction of sp³-hybridized carbons (Fsp3) is 0.154. The number of nitrogens with zero attached hydrogens (tertiary/aromatic N) is 1. The number of aromatic nitrogens is 1. The van der Waals surface area contributed by atoms with Crippen molar-refractivity contribution < 1.29 is 9.13 Å². The highest BCUT2D eigenvalue weighted by atomic mass is 19.1. The third kappa shape index (κ3) is 2.68. The summed E-state index contributed by atoms with van der Waals surface area (Å²) < 4.78 is 18.8. The van der Waals surface area contributed by atoms with Crippen molar-refractivity contribution in [3.05, 3.63) is 42.5 Å². The Morgan fingerprint density at radius 3 is 2.89 bits per heavy atom. The Kier molecular flexibility index (Phi) is 3.62. The molecule has 2 aromatic rings. The Morgan fingerprint density at radius 2 is 2.22 bits per heavy atom. The monoisotopic (exact) mass is 247 g/mol. The van der Waals surface area contributed by atoms with Crippen LogP contribution >= 0.6 is 0 Å². The average Bonchev–Trinajstić information content (AvgIpc) is 2.36. The van der Waals surface area contributed by atoms with E-state index in [0.717, 1.165) is 0 Å². The van der Waals surface area contributed by atoms with E-state index in [9.17, 15) is 4.39 Å². The van der Waals surface area contributed by atoms with Gasteiger partial charge in [0.2, 0.25) is 0 Å². The maximum absolute atomic E-state index is 13.6. The third-order valence-electron chi connectivity index (χ3n) is 2.36. The van der Waals surface area contributed by atoms with Gasteiger partial charge >= 0.3 is 0 Å². The number of ether oxygens (including phenoxy) is 1. The van der Waals surface area contributed by atoms with Crippen molar-refractivity contribution in [2.45, 2.75) is 6.92 Å². The van der Waals surface area contributed by atoms with E-state index in [4.69, 9.17) is 10.5 Å². The molecule has 1 aromatic heterocycles.